The second kappa shape index (κ2) is 13.1. The predicted octanol–water partition coefficient (Wildman–Crippen LogP) is 0.709. The highest BCUT2D eigenvalue weighted by atomic mass is 16.4. The maximum absolute atomic E-state index is 11.8. The van der Waals surface area contributed by atoms with Crippen molar-refractivity contribution in [2.75, 3.05) is 6.54 Å². The van der Waals surface area contributed by atoms with Crippen LogP contribution in [0.4, 0.5) is 4.79 Å². The third-order valence-electron chi connectivity index (χ3n) is 3.40. The fourth-order valence-electron chi connectivity index (χ4n) is 1.97. The van der Waals surface area contributed by atoms with Crippen LogP contribution in [-0.4, -0.2) is 57.9 Å². The first-order chi connectivity index (χ1) is 12.7. The molecule has 0 radical (unpaired) electrons. The highest BCUT2D eigenvalue weighted by Crippen LogP contribution is 2.03. The van der Waals surface area contributed by atoms with E-state index in [2.05, 4.69) is 21.1 Å². The Kier molecular flexibility index (Phi) is 11.5. The number of aliphatic carboxylic acids is 3. The van der Waals surface area contributed by atoms with Crippen LogP contribution in [0.2, 0.25) is 0 Å². The minimum Gasteiger partial charge on any atom is -0.481 e. The van der Waals surface area contributed by atoms with Gasteiger partial charge in [0, 0.05) is 19.2 Å². The van der Waals surface area contributed by atoms with E-state index >= 15 is 0 Å². The van der Waals surface area contributed by atoms with Crippen LogP contribution in [0.25, 0.3) is 0 Å². The van der Waals surface area contributed by atoms with Gasteiger partial charge in [-0.25, -0.2) is 19.9 Å². The molecule has 0 rings (SSSR count). The largest absolute Gasteiger partial charge is 0.481 e. The zero-order valence-electron chi connectivity index (χ0n) is 14.9. The predicted molar refractivity (Wildman–Crippen MR) is 92.1 cm³/mol. The van der Waals surface area contributed by atoms with Crippen LogP contribution >= 0.6 is 0 Å². The third-order valence-corrected chi connectivity index (χ3v) is 3.40. The van der Waals surface area contributed by atoms with Gasteiger partial charge in [-0.3, -0.25) is 4.79 Å². The van der Waals surface area contributed by atoms with E-state index in [4.69, 9.17) is 20.9 Å². The van der Waals surface area contributed by atoms with Gasteiger partial charge in [0.15, 0.2) is 0 Å². The smallest absolute Gasteiger partial charge is 0.326 e. The van der Waals surface area contributed by atoms with Gasteiger partial charge in [-0.2, -0.15) is 5.11 Å². The van der Waals surface area contributed by atoms with Crippen LogP contribution in [-0.2, 0) is 14.4 Å². The van der Waals surface area contributed by atoms with Gasteiger partial charge >= 0.3 is 23.9 Å². The molecule has 7 N–H and O–H groups in total. The van der Waals surface area contributed by atoms with Crippen LogP contribution in [0.5, 0.6) is 0 Å². The van der Waals surface area contributed by atoms with Crippen LogP contribution in [0.15, 0.2) is 17.0 Å². The molecule has 2 amide bonds. The SMILES string of the molecule is C/C(=C/NCCCC[C@H](NC(=O)N[C@H](CCC(=O)O)C(=O)O)C(=O)O)N=N. The first-order valence-corrected chi connectivity index (χ1v) is 8.19. The summed E-state index contributed by atoms with van der Waals surface area (Å²) in [6.45, 7) is 2.17. The third kappa shape index (κ3) is 11.9. The van der Waals surface area contributed by atoms with Crippen LogP contribution in [0, 0.1) is 5.53 Å². The summed E-state index contributed by atoms with van der Waals surface area (Å²) in [6.07, 6.45) is 1.98. The minimum atomic E-state index is -1.43. The first-order valence-electron chi connectivity index (χ1n) is 8.19. The van der Waals surface area contributed by atoms with E-state index in [1.165, 1.54) is 0 Å². The molecule has 0 aliphatic carbocycles. The number of hydrogen-bond acceptors (Lipinski definition) is 7. The lowest BCUT2D eigenvalue weighted by molar-refractivity contribution is -0.140. The number of carbonyl (C=O) groups excluding carboxylic acids is 1. The van der Waals surface area contributed by atoms with Crippen molar-refractivity contribution in [2.24, 2.45) is 5.11 Å². The Hall–Kier alpha value is -3.18. The Bertz CT molecular complexity index is 579. The molecule has 0 bridgehead atoms. The number of amides is 2. The van der Waals surface area contributed by atoms with E-state index in [-0.39, 0.29) is 12.8 Å². The summed E-state index contributed by atoms with van der Waals surface area (Å²) in [6, 6.07) is -3.63. The summed E-state index contributed by atoms with van der Waals surface area (Å²) in [5, 5.41) is 37.0. The highest BCUT2D eigenvalue weighted by molar-refractivity contribution is 5.86. The van der Waals surface area contributed by atoms with E-state index in [1.54, 1.807) is 13.1 Å². The van der Waals surface area contributed by atoms with Crippen molar-refractivity contribution in [1.82, 2.24) is 16.0 Å². The number of carbonyl (C=O) groups is 4. The van der Waals surface area contributed by atoms with Crippen molar-refractivity contribution in [2.45, 2.75) is 51.1 Å². The number of nitrogens with one attached hydrogen (secondary N) is 4. The molecule has 0 aromatic carbocycles. The fraction of sp³-hybridized carbons (Fsp3) is 0.600. The first kappa shape index (κ1) is 23.8. The number of hydrogen-bond donors (Lipinski definition) is 7. The van der Waals surface area contributed by atoms with Gasteiger partial charge in [0.2, 0.25) is 0 Å². The quantitative estimate of drug-likeness (QED) is 0.167. The molecule has 0 fully saturated rings. The second-order valence-corrected chi connectivity index (χ2v) is 5.68. The Morgan fingerprint density at radius 2 is 1.56 bits per heavy atom. The number of nitrogens with zero attached hydrogens (tertiary/aromatic N) is 1. The number of unbranched alkanes of at least 4 members (excludes halogenated alkanes) is 1. The molecule has 0 aromatic heterocycles. The Morgan fingerprint density at radius 1 is 1.00 bits per heavy atom. The molecule has 0 aliphatic rings. The molecule has 0 aromatic rings. The molecule has 0 aliphatic heterocycles. The molecule has 0 heterocycles. The molecule has 0 spiro atoms. The van der Waals surface area contributed by atoms with Crippen molar-refractivity contribution in [1.29, 1.82) is 5.53 Å². The lowest BCUT2D eigenvalue weighted by atomic mass is 10.1. The summed E-state index contributed by atoms with van der Waals surface area (Å²) in [5.41, 5.74) is 7.25. The number of rotatable bonds is 14. The normalized spacial score (nSPS) is 13.1. The van der Waals surface area contributed by atoms with Gasteiger partial charge in [-0.05, 0) is 32.6 Å². The zero-order valence-corrected chi connectivity index (χ0v) is 14.9. The van der Waals surface area contributed by atoms with Crippen molar-refractivity contribution < 1.29 is 34.5 Å². The van der Waals surface area contributed by atoms with Gasteiger partial charge in [0.25, 0.3) is 0 Å². The zero-order chi connectivity index (χ0) is 20.8. The molecule has 2 atom stereocenters. The topological polar surface area (TPSA) is 201 Å². The maximum Gasteiger partial charge on any atom is 0.326 e. The molecular formula is C15H25N5O7. The maximum atomic E-state index is 11.8. The van der Waals surface area contributed by atoms with Gasteiger partial charge in [-0.1, -0.05) is 0 Å². The highest BCUT2D eigenvalue weighted by Gasteiger charge is 2.24. The van der Waals surface area contributed by atoms with E-state index in [9.17, 15) is 19.2 Å². The fourth-order valence-corrected chi connectivity index (χ4v) is 1.97. The van der Waals surface area contributed by atoms with Crippen LogP contribution in [0.1, 0.15) is 39.0 Å². The summed E-state index contributed by atoms with van der Waals surface area (Å²) < 4.78 is 0. The summed E-state index contributed by atoms with van der Waals surface area (Å²) in [7, 11) is 0. The van der Waals surface area contributed by atoms with Gasteiger partial charge in [0.1, 0.15) is 12.1 Å². The number of allylic oxidation sites excluding steroid dienone is 1. The van der Waals surface area contributed by atoms with Crippen LogP contribution in [0.3, 0.4) is 0 Å². The molecular weight excluding hydrogens is 362 g/mol. The Labute approximate surface area is 155 Å². The monoisotopic (exact) mass is 387 g/mol. The average Bonchev–Trinajstić information content (AvgIpc) is 2.59. The Balaban J connectivity index is 4.39. The molecule has 12 nitrogen and oxygen atoms in total. The standard InChI is InChI=1S/C15H25N5O7/c1-9(20-16)8-17-7-3-2-4-10(13(23)24)18-15(27)19-11(14(25)26)5-6-12(21)22/h8,10-11,16-17H,2-7H2,1H3,(H,21,22)(H,23,24)(H,25,26)(H2,18,19,27)/b9-8-,20-16?/t10-,11+/m0/s1. The Morgan fingerprint density at radius 3 is 2.04 bits per heavy atom. The van der Waals surface area contributed by atoms with Crippen molar-refractivity contribution in [3.8, 4) is 0 Å². The molecule has 0 unspecified atom stereocenters. The molecule has 12 heteroatoms. The molecule has 152 valence electrons. The van der Waals surface area contributed by atoms with Crippen molar-refractivity contribution in [3.63, 3.8) is 0 Å². The van der Waals surface area contributed by atoms with Gasteiger partial charge in [-0.15, -0.1) is 0 Å². The molecule has 0 saturated heterocycles. The summed E-state index contributed by atoms with van der Waals surface area (Å²) >= 11 is 0. The van der Waals surface area contributed by atoms with E-state index in [1.807, 2.05) is 0 Å². The van der Waals surface area contributed by atoms with Gasteiger partial charge < -0.3 is 31.3 Å². The van der Waals surface area contributed by atoms with E-state index in [0.717, 1.165) is 0 Å². The van der Waals surface area contributed by atoms with Gasteiger partial charge in [0.05, 0.1) is 5.70 Å². The number of carboxylic acid groups (broad SMARTS) is 3. The number of urea groups is 1. The second-order valence-electron chi connectivity index (χ2n) is 5.68. The lowest BCUT2D eigenvalue weighted by Gasteiger charge is -2.18. The van der Waals surface area contributed by atoms with E-state index in [0.29, 0.717) is 25.1 Å². The average molecular weight is 387 g/mol. The summed E-state index contributed by atoms with van der Waals surface area (Å²) in [5.74, 6) is -3.88. The lowest BCUT2D eigenvalue weighted by Crippen LogP contribution is -2.51. The van der Waals surface area contributed by atoms with Crippen LogP contribution < -0.4 is 16.0 Å². The minimum absolute atomic E-state index is 0.128. The number of carboxylic acids is 3. The molecule has 27 heavy (non-hydrogen) atoms. The van der Waals surface area contributed by atoms with Crippen molar-refractivity contribution >= 4 is 23.9 Å². The molecule has 0 saturated carbocycles. The van der Waals surface area contributed by atoms with Crippen molar-refractivity contribution in [3.05, 3.63) is 11.9 Å². The summed E-state index contributed by atoms with van der Waals surface area (Å²) in [4.78, 5) is 44.6. The van der Waals surface area contributed by atoms with E-state index < -0.39 is 42.4 Å².